The van der Waals surface area contributed by atoms with Crippen molar-refractivity contribution in [1.82, 2.24) is 14.8 Å². The smallest absolute Gasteiger partial charge is 0.341 e. The van der Waals surface area contributed by atoms with Gasteiger partial charge in [-0.2, -0.15) is 0 Å². The number of esters is 1. The van der Waals surface area contributed by atoms with Crippen molar-refractivity contribution < 1.29 is 23.5 Å². The number of amides is 2. The predicted molar refractivity (Wildman–Crippen MR) is 116 cm³/mol. The number of thioether (sulfide) groups is 1. The molecule has 3 heterocycles. The summed E-state index contributed by atoms with van der Waals surface area (Å²) < 4.78 is 12.1. The van der Waals surface area contributed by atoms with Crippen LogP contribution < -0.4 is 11.1 Å². The normalized spacial score (nSPS) is 10.8. The van der Waals surface area contributed by atoms with Gasteiger partial charge in [0.05, 0.1) is 34.6 Å². The van der Waals surface area contributed by atoms with E-state index >= 15 is 0 Å². The van der Waals surface area contributed by atoms with Crippen LogP contribution in [-0.4, -0.2) is 44.9 Å². The number of nitrogens with one attached hydrogen (secondary N) is 1. The minimum absolute atomic E-state index is 0.0153. The van der Waals surface area contributed by atoms with Gasteiger partial charge in [0.25, 0.3) is 5.91 Å². The van der Waals surface area contributed by atoms with Crippen LogP contribution >= 0.6 is 23.1 Å². The third-order valence-electron chi connectivity index (χ3n) is 4.37. The van der Waals surface area contributed by atoms with Gasteiger partial charge in [-0.15, -0.1) is 21.5 Å². The summed E-state index contributed by atoms with van der Waals surface area (Å²) in [6.45, 7) is 5.25. The van der Waals surface area contributed by atoms with Crippen LogP contribution in [0.3, 0.4) is 0 Å². The minimum atomic E-state index is -0.677. The maximum Gasteiger partial charge on any atom is 0.341 e. The lowest BCUT2D eigenvalue weighted by Crippen LogP contribution is -2.17. The van der Waals surface area contributed by atoms with Crippen LogP contribution in [0.1, 0.15) is 38.3 Å². The number of nitrogens with zero attached hydrogens (tertiary/aromatic N) is 3. The van der Waals surface area contributed by atoms with Gasteiger partial charge in [-0.25, -0.2) is 4.79 Å². The molecule has 0 aliphatic rings. The average molecular weight is 464 g/mol. The van der Waals surface area contributed by atoms with Gasteiger partial charge in [0.1, 0.15) is 10.8 Å². The van der Waals surface area contributed by atoms with Gasteiger partial charge >= 0.3 is 5.97 Å². The Morgan fingerprint density at radius 1 is 1.32 bits per heavy atom. The highest BCUT2D eigenvalue weighted by Gasteiger charge is 2.26. The number of hydrogen-bond donors (Lipinski definition) is 2. The molecule has 31 heavy (non-hydrogen) atoms. The van der Waals surface area contributed by atoms with E-state index in [4.69, 9.17) is 14.9 Å². The van der Waals surface area contributed by atoms with Crippen LogP contribution in [-0.2, 0) is 16.6 Å². The topological polar surface area (TPSA) is 142 Å². The summed E-state index contributed by atoms with van der Waals surface area (Å²) >= 11 is 2.13. The van der Waals surface area contributed by atoms with Crippen molar-refractivity contribution >= 4 is 45.9 Å². The predicted octanol–water partition coefficient (Wildman–Crippen LogP) is 2.76. The second-order valence-corrected chi connectivity index (χ2v) is 8.40. The van der Waals surface area contributed by atoms with Crippen molar-refractivity contribution in [3.63, 3.8) is 0 Å². The lowest BCUT2D eigenvalue weighted by Gasteiger charge is -2.07. The fourth-order valence-corrected chi connectivity index (χ4v) is 4.64. The zero-order valence-electron chi connectivity index (χ0n) is 17.3. The Morgan fingerprint density at radius 3 is 2.68 bits per heavy atom. The van der Waals surface area contributed by atoms with Crippen LogP contribution in [0, 0.1) is 13.8 Å². The number of hydrogen-bond acceptors (Lipinski definition) is 9. The number of aromatic nitrogens is 3. The minimum Gasteiger partial charge on any atom is -0.469 e. The molecule has 0 bridgehead atoms. The van der Waals surface area contributed by atoms with Crippen LogP contribution in [0.5, 0.6) is 0 Å². The zero-order valence-corrected chi connectivity index (χ0v) is 19.0. The maximum absolute atomic E-state index is 12.5. The molecular formula is C19H21N5O5S2. The summed E-state index contributed by atoms with van der Waals surface area (Å²) in [5, 5.41) is 11.7. The molecule has 0 saturated heterocycles. The molecular weight excluding hydrogens is 442 g/mol. The number of nitrogens with two attached hydrogens (primary N) is 1. The molecule has 0 radical (unpaired) electrons. The molecule has 2 amide bonds. The average Bonchev–Trinajstić information content (AvgIpc) is 3.37. The summed E-state index contributed by atoms with van der Waals surface area (Å²) in [4.78, 5) is 36.7. The van der Waals surface area contributed by atoms with E-state index < -0.39 is 11.9 Å². The molecule has 0 aliphatic carbocycles. The van der Waals surface area contributed by atoms with Gasteiger partial charge < -0.3 is 24.8 Å². The summed E-state index contributed by atoms with van der Waals surface area (Å²) in [5.74, 6) is -0.323. The number of anilines is 1. The number of carbonyl (C=O) groups is 3. The molecule has 0 unspecified atom stereocenters. The van der Waals surface area contributed by atoms with E-state index in [1.807, 2.05) is 6.92 Å². The highest BCUT2D eigenvalue weighted by molar-refractivity contribution is 7.99. The van der Waals surface area contributed by atoms with E-state index in [-0.39, 0.29) is 33.7 Å². The van der Waals surface area contributed by atoms with Crippen molar-refractivity contribution in [2.75, 3.05) is 17.7 Å². The van der Waals surface area contributed by atoms with Gasteiger partial charge in [0.15, 0.2) is 11.0 Å². The standard InChI is InChI=1S/C19H21N5O5S2/c1-5-28-18(27)13-9(2)14(15(20)26)31-17(13)21-12(25)8-30-19-23-22-16(24(19)4)11-6-7-29-10(11)3/h6-7H,5,8H2,1-4H3,(H2,20,26)(H,21,25). The van der Waals surface area contributed by atoms with Gasteiger partial charge in [-0.1, -0.05) is 11.8 Å². The highest BCUT2D eigenvalue weighted by atomic mass is 32.2. The fraction of sp³-hybridized carbons (Fsp3) is 0.316. The Bertz CT molecular complexity index is 1150. The molecule has 0 saturated carbocycles. The van der Waals surface area contributed by atoms with Gasteiger partial charge in [-0.3, -0.25) is 9.59 Å². The molecule has 3 N–H and O–H groups in total. The van der Waals surface area contributed by atoms with E-state index in [2.05, 4.69) is 15.5 Å². The number of carbonyl (C=O) groups excluding carboxylic acids is 3. The second-order valence-electron chi connectivity index (χ2n) is 6.44. The van der Waals surface area contributed by atoms with E-state index in [0.29, 0.717) is 16.5 Å². The SMILES string of the molecule is CCOC(=O)c1c(NC(=O)CSc2nnc(-c3ccoc3C)n2C)sc(C(N)=O)c1C. The molecule has 0 atom stereocenters. The first-order chi connectivity index (χ1) is 14.7. The molecule has 164 valence electrons. The van der Waals surface area contributed by atoms with Crippen LogP contribution in [0.2, 0.25) is 0 Å². The number of aryl methyl sites for hydroxylation is 1. The lowest BCUT2D eigenvalue weighted by molar-refractivity contribution is -0.113. The van der Waals surface area contributed by atoms with Gasteiger partial charge in [0, 0.05) is 7.05 Å². The number of primary amides is 1. The number of thiophene rings is 1. The van der Waals surface area contributed by atoms with Crippen LogP contribution in [0.25, 0.3) is 11.4 Å². The second kappa shape index (κ2) is 9.35. The Morgan fingerprint density at radius 2 is 2.06 bits per heavy atom. The third kappa shape index (κ3) is 4.64. The molecule has 10 nitrogen and oxygen atoms in total. The first kappa shape index (κ1) is 22.6. The van der Waals surface area contributed by atoms with Gasteiger partial charge in [0.2, 0.25) is 5.91 Å². The lowest BCUT2D eigenvalue weighted by atomic mass is 10.1. The fourth-order valence-electron chi connectivity index (χ4n) is 2.87. The number of ether oxygens (including phenoxy) is 1. The molecule has 0 aromatic carbocycles. The first-order valence-corrected chi connectivity index (χ1v) is 11.0. The zero-order chi connectivity index (χ0) is 22.7. The van der Waals surface area contributed by atoms with E-state index in [1.54, 1.807) is 37.8 Å². The summed E-state index contributed by atoms with van der Waals surface area (Å²) in [7, 11) is 1.79. The molecule has 0 fully saturated rings. The Kier molecular flexibility index (Phi) is 6.81. The third-order valence-corrected chi connectivity index (χ3v) is 6.61. The summed E-state index contributed by atoms with van der Waals surface area (Å²) in [6, 6.07) is 1.80. The van der Waals surface area contributed by atoms with E-state index in [9.17, 15) is 14.4 Å². The van der Waals surface area contributed by atoms with Crippen molar-refractivity contribution in [3.05, 3.63) is 34.1 Å². The van der Waals surface area contributed by atoms with E-state index in [0.717, 1.165) is 22.7 Å². The summed E-state index contributed by atoms with van der Waals surface area (Å²) in [6.07, 6.45) is 1.57. The van der Waals surface area contributed by atoms with Gasteiger partial charge in [-0.05, 0) is 32.4 Å². The van der Waals surface area contributed by atoms with E-state index in [1.165, 1.54) is 11.8 Å². The van der Waals surface area contributed by atoms with Crippen molar-refractivity contribution in [2.45, 2.75) is 25.9 Å². The first-order valence-electron chi connectivity index (χ1n) is 9.21. The Hall–Kier alpha value is -3.12. The monoisotopic (exact) mass is 463 g/mol. The molecule has 3 rings (SSSR count). The maximum atomic E-state index is 12.5. The quantitative estimate of drug-likeness (QED) is 0.383. The number of furan rings is 1. The summed E-state index contributed by atoms with van der Waals surface area (Å²) in [5.41, 5.74) is 6.72. The molecule has 0 aliphatic heterocycles. The molecule has 12 heteroatoms. The van der Waals surface area contributed by atoms with Crippen molar-refractivity contribution in [2.24, 2.45) is 12.8 Å². The highest BCUT2D eigenvalue weighted by Crippen LogP contribution is 2.34. The van der Waals surface area contributed by atoms with Crippen LogP contribution in [0.4, 0.5) is 5.00 Å². The van der Waals surface area contributed by atoms with Crippen molar-refractivity contribution in [3.8, 4) is 11.4 Å². The molecule has 0 spiro atoms. The largest absolute Gasteiger partial charge is 0.469 e. The Balaban J connectivity index is 1.74. The van der Waals surface area contributed by atoms with Crippen LogP contribution in [0.15, 0.2) is 21.9 Å². The molecule has 3 aromatic heterocycles. The Labute approximate surface area is 186 Å². The molecule has 3 aromatic rings. The number of rotatable bonds is 8. The van der Waals surface area contributed by atoms with Crippen molar-refractivity contribution in [1.29, 1.82) is 0 Å².